The van der Waals surface area contributed by atoms with E-state index in [1.54, 1.807) is 0 Å². The van der Waals surface area contributed by atoms with Gasteiger partial charge in [0.1, 0.15) is 0 Å². The topological polar surface area (TPSA) is 0 Å². The lowest BCUT2D eigenvalue weighted by atomic mass is 9.86. The summed E-state index contributed by atoms with van der Waals surface area (Å²) in [6.45, 7) is 4.31. The van der Waals surface area contributed by atoms with E-state index < -0.39 is 0 Å². The molecule has 0 aliphatic heterocycles. The average Bonchev–Trinajstić information content (AvgIpc) is 3.60. The van der Waals surface area contributed by atoms with E-state index >= 15 is 0 Å². The highest BCUT2D eigenvalue weighted by Gasteiger charge is 2.34. The van der Waals surface area contributed by atoms with Gasteiger partial charge in [0.25, 0.3) is 0 Å². The Morgan fingerprint density at radius 3 is 0.977 bits per heavy atom. The highest BCUT2D eigenvalue weighted by molar-refractivity contribution is 6.40. The lowest BCUT2D eigenvalue weighted by Gasteiger charge is -2.16. The third-order valence-electron chi connectivity index (χ3n) is 10.1. The summed E-state index contributed by atoms with van der Waals surface area (Å²) in [6.07, 6.45) is 0. The van der Waals surface area contributed by atoms with Crippen LogP contribution in [-0.2, 0) is 0 Å². The van der Waals surface area contributed by atoms with E-state index in [9.17, 15) is 0 Å². The fourth-order valence-corrected chi connectivity index (χ4v) is 8.04. The van der Waals surface area contributed by atoms with Crippen molar-refractivity contribution < 1.29 is 0 Å². The molecule has 204 valence electrons. The maximum Gasteiger partial charge on any atom is -0.0000933 e. The molecule has 10 rings (SSSR count). The zero-order valence-electron chi connectivity index (χ0n) is 24.7. The molecule has 2 aliphatic carbocycles. The molecule has 44 heavy (non-hydrogen) atoms. The van der Waals surface area contributed by atoms with Gasteiger partial charge >= 0.3 is 0 Å². The third-order valence-corrected chi connectivity index (χ3v) is 10.1. The Labute approximate surface area is 256 Å². The van der Waals surface area contributed by atoms with Crippen LogP contribution in [-0.4, -0.2) is 0 Å². The van der Waals surface area contributed by atoms with Gasteiger partial charge in [-0.05, 0) is 125 Å². The highest BCUT2D eigenvalue weighted by Crippen LogP contribution is 2.62. The van der Waals surface area contributed by atoms with Gasteiger partial charge in [0.15, 0.2) is 0 Å². The standard InChI is InChI=1S/C44H28/c1-25-11-15-27(16-12-25)29-19-21-35-37(23-29)41-33-9-5-3-7-31(33)40-36-22-20-30(28-17-13-26(2)14-18-28)24-38(36)42-34-10-6-4-8-32(34)39(35)44(42)43(40)41/h3-24H,1-2H3. The molecule has 0 radical (unpaired) electrons. The van der Waals surface area contributed by atoms with E-state index in [1.165, 1.54) is 110 Å². The van der Waals surface area contributed by atoms with Gasteiger partial charge in [0.2, 0.25) is 0 Å². The normalized spacial score (nSPS) is 12.3. The summed E-state index contributed by atoms with van der Waals surface area (Å²) >= 11 is 0. The second kappa shape index (κ2) is 8.56. The monoisotopic (exact) mass is 556 g/mol. The Morgan fingerprint density at radius 1 is 0.295 bits per heavy atom. The summed E-state index contributed by atoms with van der Waals surface area (Å²) in [5.74, 6) is 0. The Hall–Kier alpha value is -5.46. The highest BCUT2D eigenvalue weighted by atomic mass is 14.4. The van der Waals surface area contributed by atoms with Crippen LogP contribution in [0.2, 0.25) is 0 Å². The number of rotatable bonds is 2. The lowest BCUT2D eigenvalue weighted by molar-refractivity contribution is 1.47. The van der Waals surface area contributed by atoms with Gasteiger partial charge in [-0.2, -0.15) is 0 Å². The van der Waals surface area contributed by atoms with Gasteiger partial charge < -0.3 is 0 Å². The molecule has 0 unspecified atom stereocenters. The number of hydrogen-bond donors (Lipinski definition) is 0. The van der Waals surface area contributed by atoms with E-state index in [0.29, 0.717) is 0 Å². The van der Waals surface area contributed by atoms with Crippen molar-refractivity contribution in [1.29, 1.82) is 0 Å². The van der Waals surface area contributed by atoms with Crippen LogP contribution in [0.1, 0.15) is 11.1 Å². The molecule has 8 aromatic rings. The number of aryl methyl sites for hydroxylation is 2. The quantitative estimate of drug-likeness (QED) is 0.186. The molecule has 0 aromatic heterocycles. The van der Waals surface area contributed by atoms with Crippen molar-refractivity contribution >= 4 is 32.3 Å². The summed E-state index contributed by atoms with van der Waals surface area (Å²) in [5.41, 5.74) is 18.5. The summed E-state index contributed by atoms with van der Waals surface area (Å²) in [4.78, 5) is 0. The summed E-state index contributed by atoms with van der Waals surface area (Å²) in [6, 6.07) is 50.3. The molecule has 0 heteroatoms. The maximum atomic E-state index is 2.45. The maximum absolute atomic E-state index is 2.45. The van der Waals surface area contributed by atoms with E-state index in [2.05, 4.69) is 147 Å². The van der Waals surface area contributed by atoms with Crippen LogP contribution in [0.3, 0.4) is 0 Å². The molecule has 0 heterocycles. The van der Waals surface area contributed by atoms with Crippen LogP contribution in [0.15, 0.2) is 133 Å². The van der Waals surface area contributed by atoms with Crippen molar-refractivity contribution in [2.24, 2.45) is 0 Å². The summed E-state index contributed by atoms with van der Waals surface area (Å²) in [5, 5.41) is 8.19. The number of hydrogen-bond acceptors (Lipinski definition) is 0. The molecule has 0 nitrogen and oxygen atoms in total. The second-order valence-corrected chi connectivity index (χ2v) is 12.6. The molecule has 0 amide bonds. The lowest BCUT2D eigenvalue weighted by Crippen LogP contribution is -1.89. The van der Waals surface area contributed by atoms with Gasteiger partial charge in [0, 0.05) is 0 Å². The first-order valence-corrected chi connectivity index (χ1v) is 15.5. The minimum atomic E-state index is 1.26. The Bertz CT molecular complexity index is 2350. The summed E-state index contributed by atoms with van der Waals surface area (Å²) < 4.78 is 0. The smallest absolute Gasteiger partial charge is 0.0000933 e. The third kappa shape index (κ3) is 3.07. The fraction of sp³-hybridized carbons (Fsp3) is 0.0455. The predicted octanol–water partition coefficient (Wildman–Crippen LogP) is 12.4. The first kappa shape index (κ1) is 24.0. The Kier molecular flexibility index (Phi) is 4.67. The van der Waals surface area contributed by atoms with Gasteiger partial charge in [-0.25, -0.2) is 0 Å². The summed E-state index contributed by atoms with van der Waals surface area (Å²) in [7, 11) is 0. The molecule has 2 aliphatic rings. The van der Waals surface area contributed by atoms with Crippen LogP contribution in [0.4, 0.5) is 0 Å². The van der Waals surface area contributed by atoms with Crippen LogP contribution in [0, 0.1) is 13.8 Å². The number of fused-ring (bicyclic) bond motifs is 12. The fourth-order valence-electron chi connectivity index (χ4n) is 8.04. The van der Waals surface area contributed by atoms with Gasteiger partial charge in [-0.3, -0.25) is 0 Å². The van der Waals surface area contributed by atoms with Gasteiger partial charge in [-0.1, -0.05) is 132 Å². The van der Waals surface area contributed by atoms with Gasteiger partial charge in [0.05, 0.1) is 0 Å². The minimum absolute atomic E-state index is 1.26. The van der Waals surface area contributed by atoms with Gasteiger partial charge in [-0.15, -0.1) is 0 Å². The molecule has 0 saturated carbocycles. The molecule has 0 spiro atoms. The van der Waals surface area contributed by atoms with E-state index in [0.717, 1.165) is 0 Å². The Balaban J connectivity index is 1.41. The van der Waals surface area contributed by atoms with Crippen LogP contribution in [0.5, 0.6) is 0 Å². The van der Waals surface area contributed by atoms with Crippen molar-refractivity contribution in [3.63, 3.8) is 0 Å². The van der Waals surface area contributed by atoms with Crippen molar-refractivity contribution in [2.75, 3.05) is 0 Å². The SMILES string of the molecule is Cc1ccc(-c2ccc3c4c5c(c6cc(-c7ccc(C)cc7)ccc6c6c5c(c3c2)-c2ccccc2-6)-c2ccccc2-4)cc1. The molecule has 8 aromatic carbocycles. The van der Waals surface area contributed by atoms with Crippen LogP contribution in [0.25, 0.3) is 99.1 Å². The van der Waals surface area contributed by atoms with E-state index in [4.69, 9.17) is 0 Å². The largest absolute Gasteiger partial charge is 0.0616 e. The molecule has 0 saturated heterocycles. The second-order valence-electron chi connectivity index (χ2n) is 12.6. The van der Waals surface area contributed by atoms with Crippen LogP contribution >= 0.6 is 0 Å². The van der Waals surface area contributed by atoms with Crippen LogP contribution < -0.4 is 0 Å². The number of benzene rings is 8. The first-order chi connectivity index (χ1) is 21.7. The zero-order chi connectivity index (χ0) is 29.1. The van der Waals surface area contributed by atoms with Crippen molar-refractivity contribution in [3.05, 3.63) is 145 Å². The average molecular weight is 557 g/mol. The molecule has 0 bridgehead atoms. The Morgan fingerprint density at radius 2 is 0.614 bits per heavy atom. The van der Waals surface area contributed by atoms with E-state index in [-0.39, 0.29) is 0 Å². The van der Waals surface area contributed by atoms with Crippen molar-refractivity contribution in [2.45, 2.75) is 13.8 Å². The zero-order valence-corrected chi connectivity index (χ0v) is 24.7. The molecule has 0 atom stereocenters. The molecule has 0 N–H and O–H groups in total. The minimum Gasteiger partial charge on any atom is -0.0616 e. The molecule has 0 fully saturated rings. The molecular weight excluding hydrogens is 528 g/mol. The predicted molar refractivity (Wildman–Crippen MR) is 188 cm³/mol. The first-order valence-electron chi connectivity index (χ1n) is 15.5. The van der Waals surface area contributed by atoms with Crippen molar-refractivity contribution in [3.8, 4) is 66.8 Å². The molecular formula is C44H28. The van der Waals surface area contributed by atoms with E-state index in [1.807, 2.05) is 0 Å². The van der Waals surface area contributed by atoms with Crippen molar-refractivity contribution in [1.82, 2.24) is 0 Å².